The van der Waals surface area contributed by atoms with E-state index in [2.05, 4.69) is 50.1 Å². The first-order chi connectivity index (χ1) is 9.45. The molecule has 110 valence electrons. The van der Waals surface area contributed by atoms with E-state index in [0.29, 0.717) is 0 Å². The Morgan fingerprint density at radius 3 is 2.45 bits per heavy atom. The number of thiazole rings is 1. The Bertz CT molecular complexity index is 566. The van der Waals surface area contributed by atoms with Crippen molar-refractivity contribution in [1.29, 1.82) is 0 Å². The quantitative estimate of drug-likeness (QED) is 0.892. The van der Waals surface area contributed by atoms with Crippen molar-refractivity contribution in [3.05, 3.63) is 10.7 Å². The second kappa shape index (κ2) is 6.18. The third-order valence-corrected chi connectivity index (χ3v) is 5.38. The zero-order valence-corrected chi connectivity index (χ0v) is 14.4. The summed E-state index contributed by atoms with van der Waals surface area (Å²) in [5.74, 6) is 0. The number of anilines is 1. The maximum Gasteiger partial charge on any atom is 0.206 e. The van der Waals surface area contributed by atoms with Crippen LogP contribution >= 0.6 is 22.7 Å². The van der Waals surface area contributed by atoms with Gasteiger partial charge in [-0.2, -0.15) is 0 Å². The molecular weight excluding hydrogens is 288 g/mol. The number of hydrogen-bond donors (Lipinski definition) is 1. The van der Waals surface area contributed by atoms with Gasteiger partial charge in [-0.05, 0) is 12.8 Å². The molecular formula is C14H22N4S2. The summed E-state index contributed by atoms with van der Waals surface area (Å²) in [6.07, 6.45) is 2.02. The molecule has 0 aliphatic carbocycles. The fourth-order valence-electron chi connectivity index (χ4n) is 1.70. The third-order valence-electron chi connectivity index (χ3n) is 2.82. The second-order valence-corrected chi connectivity index (χ2v) is 7.71. The number of nitrogens with zero attached hydrogens (tertiary/aromatic N) is 3. The fourth-order valence-corrected chi connectivity index (χ4v) is 3.77. The van der Waals surface area contributed by atoms with Gasteiger partial charge in [0.25, 0.3) is 0 Å². The van der Waals surface area contributed by atoms with Crippen molar-refractivity contribution >= 4 is 27.8 Å². The summed E-state index contributed by atoms with van der Waals surface area (Å²) in [5, 5.41) is 14.9. The van der Waals surface area contributed by atoms with E-state index in [1.165, 1.54) is 9.88 Å². The summed E-state index contributed by atoms with van der Waals surface area (Å²) in [5.41, 5.74) is 1.22. The molecule has 4 nitrogen and oxygen atoms in total. The van der Waals surface area contributed by atoms with Crippen molar-refractivity contribution in [3.63, 3.8) is 0 Å². The summed E-state index contributed by atoms with van der Waals surface area (Å²) >= 11 is 3.37. The lowest BCUT2D eigenvalue weighted by molar-refractivity contribution is 0.583. The van der Waals surface area contributed by atoms with Crippen molar-refractivity contribution < 1.29 is 0 Å². The molecule has 0 aliphatic rings. The largest absolute Gasteiger partial charge is 0.360 e. The summed E-state index contributed by atoms with van der Waals surface area (Å²) in [7, 11) is 0. The summed E-state index contributed by atoms with van der Waals surface area (Å²) in [4.78, 5) is 5.96. The molecule has 0 atom stereocenters. The van der Waals surface area contributed by atoms with Gasteiger partial charge in [0.05, 0.1) is 15.6 Å². The van der Waals surface area contributed by atoms with Gasteiger partial charge >= 0.3 is 0 Å². The molecule has 0 aliphatic heterocycles. The topological polar surface area (TPSA) is 50.7 Å². The molecule has 0 saturated heterocycles. The highest BCUT2D eigenvalue weighted by molar-refractivity contribution is 7.23. The van der Waals surface area contributed by atoms with Gasteiger partial charge < -0.3 is 5.32 Å². The Labute approximate surface area is 128 Å². The van der Waals surface area contributed by atoms with Gasteiger partial charge in [-0.15, -0.1) is 21.5 Å². The minimum absolute atomic E-state index is 0.0841. The first kappa shape index (κ1) is 15.4. The van der Waals surface area contributed by atoms with Crippen LogP contribution in [-0.2, 0) is 11.8 Å². The number of nitrogens with one attached hydrogen (secondary N) is 1. The van der Waals surface area contributed by atoms with Gasteiger partial charge in [0.1, 0.15) is 0 Å². The van der Waals surface area contributed by atoms with Crippen LogP contribution in [-0.4, -0.2) is 21.7 Å². The maximum atomic E-state index is 4.78. The predicted molar refractivity (Wildman–Crippen MR) is 87.9 cm³/mol. The van der Waals surface area contributed by atoms with E-state index in [4.69, 9.17) is 4.98 Å². The monoisotopic (exact) mass is 310 g/mol. The molecule has 0 saturated carbocycles. The molecule has 0 bridgehead atoms. The molecule has 1 N–H and O–H groups in total. The van der Waals surface area contributed by atoms with E-state index >= 15 is 0 Å². The van der Waals surface area contributed by atoms with Gasteiger partial charge in [0.2, 0.25) is 5.13 Å². The van der Waals surface area contributed by atoms with Crippen LogP contribution in [0.2, 0.25) is 0 Å². The lowest BCUT2D eigenvalue weighted by Crippen LogP contribution is -2.10. The Kier molecular flexibility index (Phi) is 4.75. The Hall–Kier alpha value is -1.01. The van der Waals surface area contributed by atoms with Gasteiger partial charge in [-0.1, -0.05) is 46.0 Å². The van der Waals surface area contributed by atoms with Crippen molar-refractivity contribution in [2.75, 3.05) is 11.9 Å². The summed E-state index contributed by atoms with van der Waals surface area (Å²) in [6, 6.07) is 0. The van der Waals surface area contributed by atoms with Crippen LogP contribution in [0.15, 0.2) is 0 Å². The first-order valence-corrected chi connectivity index (χ1v) is 8.67. The number of aryl methyl sites for hydroxylation is 1. The number of rotatable bonds is 5. The van der Waals surface area contributed by atoms with Crippen LogP contribution in [0, 0.1) is 0 Å². The van der Waals surface area contributed by atoms with Gasteiger partial charge in [0, 0.05) is 12.0 Å². The first-order valence-electron chi connectivity index (χ1n) is 7.03. The standard InChI is InChI=1S/C14H22N4S2/c1-6-8-15-13-18-17-11(20-13)10-9(7-2)16-12(19-10)14(3,4)5/h6-8H2,1-5H3,(H,15,18). The summed E-state index contributed by atoms with van der Waals surface area (Å²) < 4.78 is 0. The number of aromatic nitrogens is 3. The van der Waals surface area contributed by atoms with E-state index in [0.717, 1.165) is 35.2 Å². The SMILES string of the molecule is CCCNc1nnc(-c2sc(C(C)(C)C)nc2CC)s1. The van der Waals surface area contributed by atoms with Crippen LogP contribution in [0.4, 0.5) is 5.13 Å². The molecule has 6 heteroatoms. The molecule has 2 rings (SSSR count). The zero-order valence-electron chi connectivity index (χ0n) is 12.8. The number of hydrogen-bond acceptors (Lipinski definition) is 6. The average Bonchev–Trinajstić information content (AvgIpc) is 3.01. The molecule has 0 spiro atoms. The molecule has 20 heavy (non-hydrogen) atoms. The highest BCUT2D eigenvalue weighted by Gasteiger charge is 2.23. The lowest BCUT2D eigenvalue weighted by atomic mass is 9.98. The highest BCUT2D eigenvalue weighted by atomic mass is 32.1. The fraction of sp³-hybridized carbons (Fsp3) is 0.643. The molecule has 0 fully saturated rings. The van der Waals surface area contributed by atoms with E-state index in [9.17, 15) is 0 Å². The van der Waals surface area contributed by atoms with Gasteiger partial charge in [-0.3, -0.25) is 0 Å². The maximum absolute atomic E-state index is 4.78. The highest BCUT2D eigenvalue weighted by Crippen LogP contribution is 2.38. The molecule has 2 aromatic heterocycles. The molecule has 0 unspecified atom stereocenters. The third kappa shape index (κ3) is 3.35. The van der Waals surface area contributed by atoms with Gasteiger partial charge in [0.15, 0.2) is 5.01 Å². The second-order valence-electron chi connectivity index (χ2n) is 5.74. The summed E-state index contributed by atoms with van der Waals surface area (Å²) in [6.45, 7) is 11.8. The van der Waals surface area contributed by atoms with Crippen LogP contribution in [0.5, 0.6) is 0 Å². The molecule has 2 heterocycles. The zero-order chi connectivity index (χ0) is 14.8. The lowest BCUT2D eigenvalue weighted by Gasteiger charge is -2.13. The smallest absolute Gasteiger partial charge is 0.206 e. The molecule has 0 aromatic carbocycles. The van der Waals surface area contributed by atoms with E-state index in [-0.39, 0.29) is 5.41 Å². The van der Waals surface area contributed by atoms with Crippen molar-refractivity contribution in [2.45, 2.75) is 52.9 Å². The van der Waals surface area contributed by atoms with Crippen molar-refractivity contribution in [3.8, 4) is 9.88 Å². The van der Waals surface area contributed by atoms with Crippen LogP contribution in [0.1, 0.15) is 51.7 Å². The Morgan fingerprint density at radius 2 is 1.85 bits per heavy atom. The van der Waals surface area contributed by atoms with Gasteiger partial charge in [-0.25, -0.2) is 4.98 Å². The van der Waals surface area contributed by atoms with Crippen molar-refractivity contribution in [2.24, 2.45) is 0 Å². The van der Waals surface area contributed by atoms with Crippen molar-refractivity contribution in [1.82, 2.24) is 15.2 Å². The van der Waals surface area contributed by atoms with Crippen LogP contribution < -0.4 is 5.32 Å². The normalized spacial score (nSPS) is 11.8. The Morgan fingerprint density at radius 1 is 1.10 bits per heavy atom. The van der Waals surface area contributed by atoms with E-state index < -0.39 is 0 Å². The molecule has 0 amide bonds. The predicted octanol–water partition coefficient (Wildman–Crippen LogP) is 4.34. The molecule has 0 radical (unpaired) electrons. The average molecular weight is 310 g/mol. The van der Waals surface area contributed by atoms with E-state index in [1.54, 1.807) is 22.7 Å². The van der Waals surface area contributed by atoms with E-state index in [1.807, 2.05) is 0 Å². The molecule has 2 aromatic rings. The minimum Gasteiger partial charge on any atom is -0.360 e. The van der Waals surface area contributed by atoms with Crippen LogP contribution in [0.25, 0.3) is 9.88 Å². The minimum atomic E-state index is 0.0841. The van der Waals surface area contributed by atoms with Crippen LogP contribution in [0.3, 0.4) is 0 Å². The Balaban J connectivity index is 2.31.